The maximum Gasteiger partial charge on any atom is 0.334 e. The van der Waals surface area contributed by atoms with E-state index >= 15 is 0 Å². The number of ether oxygens (including phenoxy) is 1. The summed E-state index contributed by atoms with van der Waals surface area (Å²) in [6, 6.07) is 7.06. The molecule has 0 aromatic heterocycles. The van der Waals surface area contributed by atoms with E-state index in [0.717, 1.165) is 5.56 Å². The molecule has 6 nitrogen and oxygen atoms in total. The number of carbonyl (C=O) groups is 2. The Hall–Kier alpha value is -2.08. The number of benzene rings is 1. The lowest BCUT2D eigenvalue weighted by Crippen LogP contribution is -2.49. The second-order valence-electron chi connectivity index (χ2n) is 4.46. The van der Waals surface area contributed by atoms with Crippen LogP contribution < -0.4 is 5.73 Å². The number of rotatable bonds is 3. The van der Waals surface area contributed by atoms with E-state index in [1.54, 1.807) is 24.3 Å². The van der Waals surface area contributed by atoms with Crippen molar-refractivity contribution in [2.75, 3.05) is 25.4 Å². The van der Waals surface area contributed by atoms with Crippen molar-refractivity contribution in [3.63, 3.8) is 0 Å². The predicted molar refractivity (Wildman–Crippen MR) is 68.5 cm³/mol. The largest absolute Gasteiger partial charge is 0.479 e. The van der Waals surface area contributed by atoms with Gasteiger partial charge in [0.2, 0.25) is 5.91 Å². The Kier molecular flexibility index (Phi) is 4.01. The molecule has 102 valence electrons. The third-order valence-electron chi connectivity index (χ3n) is 3.03. The molecule has 1 atom stereocenters. The summed E-state index contributed by atoms with van der Waals surface area (Å²) in [5.74, 6) is -1.13. The molecule has 1 fully saturated rings. The minimum atomic E-state index is -1.04. The Morgan fingerprint density at radius 2 is 2.05 bits per heavy atom. The highest BCUT2D eigenvalue weighted by molar-refractivity contribution is 5.80. The number of nitrogens with zero attached hydrogens (tertiary/aromatic N) is 1. The standard InChI is InChI=1S/C13H16N2O4/c14-10-3-1-9(2-4-10)7-12(16)15-5-6-19-11(8-15)13(17)18/h1-4,11H,5-8,14H2,(H,17,18). The first-order valence-electron chi connectivity index (χ1n) is 6.03. The van der Waals surface area contributed by atoms with Gasteiger partial charge in [-0.3, -0.25) is 4.79 Å². The van der Waals surface area contributed by atoms with Crippen LogP contribution in [0.25, 0.3) is 0 Å². The summed E-state index contributed by atoms with van der Waals surface area (Å²) >= 11 is 0. The molecular weight excluding hydrogens is 248 g/mol. The summed E-state index contributed by atoms with van der Waals surface area (Å²) in [7, 11) is 0. The Morgan fingerprint density at radius 3 is 2.68 bits per heavy atom. The molecule has 19 heavy (non-hydrogen) atoms. The number of anilines is 1. The molecule has 0 radical (unpaired) electrons. The van der Waals surface area contributed by atoms with Gasteiger partial charge in [-0.25, -0.2) is 4.79 Å². The molecule has 1 aliphatic rings. The number of carboxylic acids is 1. The molecule has 1 unspecified atom stereocenters. The van der Waals surface area contributed by atoms with Gasteiger partial charge in [0.15, 0.2) is 6.10 Å². The average molecular weight is 264 g/mol. The zero-order valence-corrected chi connectivity index (χ0v) is 10.4. The van der Waals surface area contributed by atoms with Crippen molar-refractivity contribution in [3.05, 3.63) is 29.8 Å². The fourth-order valence-electron chi connectivity index (χ4n) is 1.95. The number of hydrogen-bond acceptors (Lipinski definition) is 4. The second kappa shape index (κ2) is 5.71. The smallest absolute Gasteiger partial charge is 0.334 e. The van der Waals surface area contributed by atoms with E-state index in [0.29, 0.717) is 12.2 Å². The van der Waals surface area contributed by atoms with Gasteiger partial charge < -0.3 is 20.5 Å². The molecule has 1 aliphatic heterocycles. The molecule has 2 rings (SSSR count). The maximum absolute atomic E-state index is 12.1. The van der Waals surface area contributed by atoms with Crippen molar-refractivity contribution in [3.8, 4) is 0 Å². The number of hydrogen-bond donors (Lipinski definition) is 2. The molecule has 1 amide bonds. The molecule has 3 N–H and O–H groups in total. The van der Waals surface area contributed by atoms with E-state index in [1.807, 2.05) is 0 Å². The predicted octanol–water partition coefficient (Wildman–Crippen LogP) is 0.123. The van der Waals surface area contributed by atoms with Crippen LogP contribution in [-0.4, -0.2) is 47.7 Å². The topological polar surface area (TPSA) is 92.9 Å². The Morgan fingerprint density at radius 1 is 1.37 bits per heavy atom. The SMILES string of the molecule is Nc1ccc(CC(=O)N2CCOC(C(=O)O)C2)cc1. The number of amides is 1. The van der Waals surface area contributed by atoms with Gasteiger partial charge in [0, 0.05) is 12.2 Å². The fraction of sp³-hybridized carbons (Fsp3) is 0.385. The lowest BCUT2D eigenvalue weighted by molar-refractivity contribution is -0.159. The molecule has 1 aromatic rings. The zero-order valence-electron chi connectivity index (χ0n) is 10.4. The summed E-state index contributed by atoms with van der Waals surface area (Å²) in [5, 5.41) is 8.88. The highest BCUT2D eigenvalue weighted by atomic mass is 16.5. The van der Waals surface area contributed by atoms with E-state index in [9.17, 15) is 9.59 Å². The highest BCUT2D eigenvalue weighted by Gasteiger charge is 2.28. The van der Waals surface area contributed by atoms with Gasteiger partial charge >= 0.3 is 5.97 Å². The Balaban J connectivity index is 1.96. The van der Waals surface area contributed by atoms with Crippen LogP contribution in [0.5, 0.6) is 0 Å². The van der Waals surface area contributed by atoms with Crippen molar-refractivity contribution in [2.45, 2.75) is 12.5 Å². The van der Waals surface area contributed by atoms with Gasteiger partial charge in [0.1, 0.15) is 0 Å². The lowest BCUT2D eigenvalue weighted by atomic mass is 10.1. The van der Waals surface area contributed by atoms with Crippen LogP contribution in [0.2, 0.25) is 0 Å². The third kappa shape index (κ3) is 3.45. The third-order valence-corrected chi connectivity index (χ3v) is 3.03. The number of carboxylic acid groups (broad SMARTS) is 1. The molecule has 1 heterocycles. The number of morpholine rings is 1. The minimum Gasteiger partial charge on any atom is -0.479 e. The van der Waals surface area contributed by atoms with Crippen molar-refractivity contribution in [2.24, 2.45) is 0 Å². The number of carbonyl (C=O) groups excluding carboxylic acids is 1. The first-order valence-corrected chi connectivity index (χ1v) is 6.03. The lowest BCUT2D eigenvalue weighted by Gasteiger charge is -2.31. The van der Waals surface area contributed by atoms with Gasteiger partial charge in [0.25, 0.3) is 0 Å². The number of nitrogen functional groups attached to an aromatic ring is 1. The van der Waals surface area contributed by atoms with Crippen LogP contribution in [0.15, 0.2) is 24.3 Å². The summed E-state index contributed by atoms with van der Waals surface area (Å²) < 4.78 is 5.08. The van der Waals surface area contributed by atoms with E-state index < -0.39 is 12.1 Å². The number of nitrogens with two attached hydrogens (primary N) is 1. The quantitative estimate of drug-likeness (QED) is 0.757. The summed E-state index contributed by atoms with van der Waals surface area (Å²) in [5.41, 5.74) is 7.08. The van der Waals surface area contributed by atoms with E-state index in [1.165, 1.54) is 4.90 Å². The van der Waals surface area contributed by atoms with Crippen molar-refractivity contribution in [1.29, 1.82) is 0 Å². The molecular formula is C13H16N2O4. The molecule has 0 saturated carbocycles. The van der Waals surface area contributed by atoms with Crippen LogP contribution in [0.4, 0.5) is 5.69 Å². The monoisotopic (exact) mass is 264 g/mol. The maximum atomic E-state index is 12.1. The highest BCUT2D eigenvalue weighted by Crippen LogP contribution is 2.11. The van der Waals surface area contributed by atoms with Crippen molar-refractivity contribution < 1.29 is 19.4 Å². The fourth-order valence-corrected chi connectivity index (χ4v) is 1.95. The normalized spacial score (nSPS) is 19.2. The van der Waals surface area contributed by atoms with Crippen LogP contribution in [0.1, 0.15) is 5.56 Å². The second-order valence-corrected chi connectivity index (χ2v) is 4.46. The summed E-state index contributed by atoms with van der Waals surface area (Å²) in [6.45, 7) is 0.783. The average Bonchev–Trinajstić information content (AvgIpc) is 2.41. The van der Waals surface area contributed by atoms with Crippen LogP contribution in [0, 0.1) is 0 Å². The van der Waals surface area contributed by atoms with Gasteiger partial charge in [0.05, 0.1) is 19.6 Å². The van der Waals surface area contributed by atoms with Gasteiger partial charge in [-0.05, 0) is 17.7 Å². The first-order chi connectivity index (χ1) is 9.06. The molecule has 6 heteroatoms. The number of aliphatic carboxylic acids is 1. The van der Waals surface area contributed by atoms with E-state index in [-0.39, 0.29) is 25.5 Å². The molecule has 1 aromatic carbocycles. The van der Waals surface area contributed by atoms with Crippen LogP contribution in [0.3, 0.4) is 0 Å². The van der Waals surface area contributed by atoms with Crippen molar-refractivity contribution >= 4 is 17.6 Å². The van der Waals surface area contributed by atoms with Gasteiger partial charge in [-0.15, -0.1) is 0 Å². The zero-order chi connectivity index (χ0) is 13.8. The van der Waals surface area contributed by atoms with E-state index in [2.05, 4.69) is 0 Å². The van der Waals surface area contributed by atoms with Crippen LogP contribution >= 0.6 is 0 Å². The van der Waals surface area contributed by atoms with Gasteiger partial charge in [-0.2, -0.15) is 0 Å². The van der Waals surface area contributed by atoms with E-state index in [4.69, 9.17) is 15.6 Å². The molecule has 1 saturated heterocycles. The summed E-state index contributed by atoms with van der Waals surface area (Å²) in [4.78, 5) is 24.4. The first kappa shape index (κ1) is 13.4. The van der Waals surface area contributed by atoms with Crippen LogP contribution in [-0.2, 0) is 20.7 Å². The molecule has 0 bridgehead atoms. The van der Waals surface area contributed by atoms with Crippen molar-refractivity contribution in [1.82, 2.24) is 4.90 Å². The minimum absolute atomic E-state index is 0.0979. The van der Waals surface area contributed by atoms with Gasteiger partial charge in [-0.1, -0.05) is 12.1 Å². The molecule has 0 spiro atoms. The summed E-state index contributed by atoms with van der Waals surface area (Å²) in [6.07, 6.45) is -0.684. The Labute approximate surface area is 110 Å². The molecule has 0 aliphatic carbocycles. The Bertz CT molecular complexity index is 472.